The van der Waals surface area contributed by atoms with Crippen molar-refractivity contribution in [1.82, 2.24) is 5.32 Å². The van der Waals surface area contributed by atoms with Gasteiger partial charge in [0.15, 0.2) is 0 Å². The number of amides is 1. The van der Waals surface area contributed by atoms with E-state index in [4.69, 9.17) is 5.11 Å². The van der Waals surface area contributed by atoms with Crippen LogP contribution in [0.5, 0.6) is 0 Å². The van der Waals surface area contributed by atoms with E-state index in [1.165, 1.54) is 0 Å². The van der Waals surface area contributed by atoms with Crippen molar-refractivity contribution in [3.05, 3.63) is 41.5 Å². The molecule has 2 N–H and O–H groups in total. The van der Waals surface area contributed by atoms with Crippen LogP contribution in [-0.4, -0.2) is 24.2 Å². The lowest BCUT2D eigenvalue weighted by molar-refractivity contribution is 0.0945. The van der Waals surface area contributed by atoms with Crippen LogP contribution in [0.3, 0.4) is 0 Å². The highest BCUT2D eigenvalue weighted by atomic mass is 16.3. The molecule has 0 aliphatic rings. The monoisotopic (exact) mass is 233 g/mol. The Morgan fingerprint density at radius 2 is 2.06 bits per heavy atom. The minimum absolute atomic E-state index is 0.0381. The van der Waals surface area contributed by atoms with Crippen LogP contribution in [0, 0.1) is 0 Å². The molecule has 0 radical (unpaired) electrons. The van der Waals surface area contributed by atoms with Crippen LogP contribution in [0.25, 0.3) is 6.08 Å². The van der Waals surface area contributed by atoms with Gasteiger partial charge in [-0.1, -0.05) is 37.6 Å². The van der Waals surface area contributed by atoms with Crippen molar-refractivity contribution in [2.75, 3.05) is 13.2 Å². The standard InChI is InChI=1S/C14H19NO2/c1-2-3-4-5-12-6-8-13(9-7-12)14(17)15-10-11-16/h4-9,16H,2-3,10-11H2,1H3,(H,15,17)/b5-4+. The first kappa shape index (κ1) is 13.5. The molecule has 1 aromatic carbocycles. The quantitative estimate of drug-likeness (QED) is 0.791. The molecule has 0 saturated heterocycles. The molecule has 0 fully saturated rings. The highest BCUT2D eigenvalue weighted by molar-refractivity contribution is 5.94. The second kappa shape index (κ2) is 7.63. The molecule has 3 heteroatoms. The number of aliphatic hydroxyl groups excluding tert-OH is 1. The van der Waals surface area contributed by atoms with Gasteiger partial charge in [-0.15, -0.1) is 0 Å². The number of rotatable bonds is 6. The zero-order chi connectivity index (χ0) is 12.5. The molecule has 0 saturated carbocycles. The molecule has 0 heterocycles. The van der Waals surface area contributed by atoms with Crippen molar-refractivity contribution in [2.24, 2.45) is 0 Å². The van der Waals surface area contributed by atoms with Crippen LogP contribution < -0.4 is 5.32 Å². The number of unbranched alkanes of at least 4 members (excludes halogenated alkanes) is 1. The van der Waals surface area contributed by atoms with Crippen molar-refractivity contribution in [1.29, 1.82) is 0 Å². The summed E-state index contributed by atoms with van der Waals surface area (Å²) in [5.41, 5.74) is 1.71. The Balaban J connectivity index is 2.58. The summed E-state index contributed by atoms with van der Waals surface area (Å²) in [7, 11) is 0. The van der Waals surface area contributed by atoms with Gasteiger partial charge < -0.3 is 10.4 Å². The van der Waals surface area contributed by atoms with Gasteiger partial charge in [-0.2, -0.15) is 0 Å². The van der Waals surface area contributed by atoms with Crippen LogP contribution in [0.1, 0.15) is 35.7 Å². The van der Waals surface area contributed by atoms with Crippen LogP contribution in [0.2, 0.25) is 0 Å². The van der Waals surface area contributed by atoms with Crippen molar-refractivity contribution < 1.29 is 9.90 Å². The maximum atomic E-state index is 11.5. The lowest BCUT2D eigenvalue weighted by Gasteiger charge is -2.03. The zero-order valence-corrected chi connectivity index (χ0v) is 10.1. The minimum atomic E-state index is -0.150. The smallest absolute Gasteiger partial charge is 0.251 e. The predicted octanol–water partition coefficient (Wildman–Crippen LogP) is 2.22. The number of nitrogens with one attached hydrogen (secondary N) is 1. The van der Waals surface area contributed by atoms with Gasteiger partial charge in [-0.25, -0.2) is 0 Å². The van der Waals surface area contributed by atoms with E-state index < -0.39 is 0 Å². The molecule has 0 aromatic heterocycles. The normalized spacial score (nSPS) is 10.7. The topological polar surface area (TPSA) is 49.3 Å². The van der Waals surface area contributed by atoms with Gasteiger partial charge in [0, 0.05) is 12.1 Å². The molecule has 0 bridgehead atoms. The Morgan fingerprint density at radius 1 is 1.35 bits per heavy atom. The summed E-state index contributed by atoms with van der Waals surface area (Å²) >= 11 is 0. The summed E-state index contributed by atoms with van der Waals surface area (Å²) < 4.78 is 0. The fourth-order valence-corrected chi connectivity index (χ4v) is 1.40. The zero-order valence-electron chi connectivity index (χ0n) is 10.1. The average Bonchev–Trinajstić information content (AvgIpc) is 2.37. The number of hydrogen-bond acceptors (Lipinski definition) is 2. The van der Waals surface area contributed by atoms with Crippen LogP contribution in [-0.2, 0) is 0 Å². The molecule has 92 valence electrons. The Hall–Kier alpha value is -1.61. The SMILES string of the molecule is CCC/C=C/c1ccc(C(=O)NCCO)cc1. The molecule has 0 unspecified atom stereocenters. The third-order valence-electron chi connectivity index (χ3n) is 2.34. The van der Waals surface area contributed by atoms with Crippen LogP contribution in [0.15, 0.2) is 30.3 Å². The van der Waals surface area contributed by atoms with Gasteiger partial charge in [-0.05, 0) is 24.1 Å². The first-order valence-electron chi connectivity index (χ1n) is 5.93. The van der Waals surface area contributed by atoms with Gasteiger partial charge in [0.05, 0.1) is 6.61 Å². The fraction of sp³-hybridized carbons (Fsp3) is 0.357. The Kier molecular flexibility index (Phi) is 6.04. The molecule has 1 aromatic rings. The molecule has 0 spiro atoms. The van der Waals surface area contributed by atoms with Crippen molar-refractivity contribution in [3.63, 3.8) is 0 Å². The largest absolute Gasteiger partial charge is 0.395 e. The average molecular weight is 233 g/mol. The predicted molar refractivity (Wildman–Crippen MR) is 69.8 cm³/mol. The van der Waals surface area contributed by atoms with E-state index in [0.29, 0.717) is 5.56 Å². The maximum absolute atomic E-state index is 11.5. The van der Waals surface area contributed by atoms with Crippen molar-refractivity contribution in [3.8, 4) is 0 Å². The van der Waals surface area contributed by atoms with Gasteiger partial charge in [0.25, 0.3) is 5.91 Å². The molecule has 1 amide bonds. The van der Waals surface area contributed by atoms with Crippen molar-refractivity contribution >= 4 is 12.0 Å². The lowest BCUT2D eigenvalue weighted by atomic mass is 10.1. The number of benzene rings is 1. The summed E-state index contributed by atoms with van der Waals surface area (Å²) in [6.45, 7) is 2.39. The fourth-order valence-electron chi connectivity index (χ4n) is 1.40. The van der Waals surface area contributed by atoms with E-state index in [-0.39, 0.29) is 19.1 Å². The van der Waals surface area contributed by atoms with Crippen molar-refractivity contribution in [2.45, 2.75) is 19.8 Å². The van der Waals surface area contributed by atoms with E-state index in [1.54, 1.807) is 12.1 Å². The maximum Gasteiger partial charge on any atom is 0.251 e. The third-order valence-corrected chi connectivity index (χ3v) is 2.34. The number of aliphatic hydroxyl groups is 1. The number of hydrogen-bond donors (Lipinski definition) is 2. The molecule has 1 rings (SSSR count). The molecule has 0 atom stereocenters. The van der Waals surface area contributed by atoms with E-state index in [2.05, 4.69) is 24.4 Å². The summed E-state index contributed by atoms with van der Waals surface area (Å²) in [5.74, 6) is -0.150. The third kappa shape index (κ3) is 4.83. The number of allylic oxidation sites excluding steroid dienone is 1. The highest BCUT2D eigenvalue weighted by Crippen LogP contribution is 2.07. The van der Waals surface area contributed by atoms with E-state index in [9.17, 15) is 4.79 Å². The second-order valence-electron chi connectivity index (χ2n) is 3.79. The lowest BCUT2D eigenvalue weighted by Crippen LogP contribution is -2.26. The first-order valence-corrected chi connectivity index (χ1v) is 5.93. The van der Waals surface area contributed by atoms with E-state index in [0.717, 1.165) is 18.4 Å². The number of carbonyl (C=O) groups excluding carboxylic acids is 1. The summed E-state index contributed by atoms with van der Waals surface area (Å²) in [6.07, 6.45) is 6.39. The van der Waals surface area contributed by atoms with Crippen LogP contribution >= 0.6 is 0 Å². The van der Waals surface area contributed by atoms with Gasteiger partial charge >= 0.3 is 0 Å². The Labute approximate surface area is 102 Å². The molecule has 3 nitrogen and oxygen atoms in total. The number of carbonyl (C=O) groups is 1. The first-order chi connectivity index (χ1) is 8.27. The van der Waals surface area contributed by atoms with E-state index >= 15 is 0 Å². The second-order valence-corrected chi connectivity index (χ2v) is 3.79. The summed E-state index contributed by atoms with van der Waals surface area (Å²) in [4.78, 5) is 11.5. The molecule has 0 aliphatic heterocycles. The van der Waals surface area contributed by atoms with Gasteiger partial charge in [-0.3, -0.25) is 4.79 Å². The Bertz CT molecular complexity index is 368. The van der Waals surface area contributed by atoms with Gasteiger partial charge in [0.1, 0.15) is 0 Å². The molecular formula is C14H19NO2. The summed E-state index contributed by atoms with van der Waals surface area (Å²) in [5, 5.41) is 11.2. The minimum Gasteiger partial charge on any atom is -0.395 e. The highest BCUT2D eigenvalue weighted by Gasteiger charge is 2.02. The Morgan fingerprint density at radius 3 is 2.65 bits per heavy atom. The molecular weight excluding hydrogens is 214 g/mol. The summed E-state index contributed by atoms with van der Waals surface area (Å²) in [6, 6.07) is 7.41. The van der Waals surface area contributed by atoms with E-state index in [1.807, 2.05) is 12.1 Å². The van der Waals surface area contributed by atoms with Crippen LogP contribution in [0.4, 0.5) is 0 Å². The molecule has 17 heavy (non-hydrogen) atoms. The molecule has 0 aliphatic carbocycles. The van der Waals surface area contributed by atoms with Gasteiger partial charge in [0.2, 0.25) is 0 Å².